The van der Waals surface area contributed by atoms with Crippen LogP contribution in [-0.4, -0.2) is 60.5 Å². The third-order valence-corrected chi connectivity index (χ3v) is 5.31. The van der Waals surface area contributed by atoms with Crippen molar-refractivity contribution in [3.63, 3.8) is 0 Å². The van der Waals surface area contributed by atoms with Crippen LogP contribution in [0.3, 0.4) is 0 Å². The van der Waals surface area contributed by atoms with Gasteiger partial charge in [-0.3, -0.25) is 0 Å². The first-order chi connectivity index (χ1) is 12.6. The zero-order valence-electron chi connectivity index (χ0n) is 16.4. The van der Waals surface area contributed by atoms with Crippen LogP contribution in [0.5, 0.6) is 5.75 Å². The van der Waals surface area contributed by atoms with E-state index in [-0.39, 0.29) is 0 Å². The largest absolute Gasteiger partial charge is 0.497 e. The van der Waals surface area contributed by atoms with Crippen LogP contribution < -0.4 is 14.5 Å². The third-order valence-electron chi connectivity index (χ3n) is 5.31. The fourth-order valence-corrected chi connectivity index (χ4v) is 3.75. The van der Waals surface area contributed by atoms with Crippen molar-refractivity contribution in [2.24, 2.45) is 5.92 Å². The number of methoxy groups -OCH3 is 1. The zero-order chi connectivity index (χ0) is 18.5. The molecule has 7 heteroatoms. The number of aromatic nitrogens is 4. The number of ether oxygens (including phenoxy) is 1. The van der Waals surface area contributed by atoms with E-state index in [9.17, 15) is 0 Å². The molecule has 2 N–H and O–H groups in total. The van der Waals surface area contributed by atoms with Gasteiger partial charge in [0.15, 0.2) is 6.04 Å². The van der Waals surface area contributed by atoms with Gasteiger partial charge in [0.05, 0.1) is 20.7 Å². The Balaban J connectivity index is 1.79. The van der Waals surface area contributed by atoms with Crippen molar-refractivity contribution in [1.29, 1.82) is 0 Å². The molecule has 26 heavy (non-hydrogen) atoms. The molecule has 142 valence electrons. The second-order valence-corrected chi connectivity index (χ2v) is 7.84. The molecule has 1 aromatic carbocycles. The first kappa shape index (κ1) is 18.8. The molecule has 3 rings (SSSR count). The molecule has 0 radical (unpaired) electrons. The Hall–Kier alpha value is -1.99. The second kappa shape index (κ2) is 8.60. The van der Waals surface area contributed by atoms with E-state index in [1.165, 1.54) is 31.7 Å². The first-order valence-electron chi connectivity index (χ1n) is 9.61. The van der Waals surface area contributed by atoms with Crippen LogP contribution in [0.25, 0.3) is 0 Å². The molecule has 0 amide bonds. The molecule has 2 aromatic rings. The molecular formula is C19H32N6O+2. The molecule has 1 saturated heterocycles. The number of hydrogen-bond donors (Lipinski definition) is 2. The van der Waals surface area contributed by atoms with Gasteiger partial charge in [-0.1, -0.05) is 26.0 Å². The third kappa shape index (κ3) is 4.59. The maximum absolute atomic E-state index is 5.25. The molecule has 0 bridgehead atoms. The van der Waals surface area contributed by atoms with Crippen molar-refractivity contribution in [1.82, 2.24) is 20.2 Å². The number of tetrazole rings is 1. The fraction of sp³-hybridized carbons (Fsp3) is 0.632. The maximum atomic E-state index is 5.25. The molecule has 1 aliphatic heterocycles. The lowest BCUT2D eigenvalue weighted by atomic mass is 10.0. The summed E-state index contributed by atoms with van der Waals surface area (Å²) in [5.41, 5.74) is 1.18. The summed E-state index contributed by atoms with van der Waals surface area (Å²) < 4.78 is 7.22. The predicted molar refractivity (Wildman–Crippen MR) is 99.4 cm³/mol. The summed E-state index contributed by atoms with van der Waals surface area (Å²) in [6.07, 6.45) is 1.11. The van der Waals surface area contributed by atoms with Crippen molar-refractivity contribution in [3.05, 3.63) is 35.7 Å². The Morgan fingerprint density at radius 3 is 2.42 bits per heavy atom. The highest BCUT2D eigenvalue weighted by molar-refractivity contribution is 5.27. The molecule has 0 unspecified atom stereocenters. The minimum Gasteiger partial charge on any atom is -0.497 e. The van der Waals surface area contributed by atoms with Gasteiger partial charge in [-0.05, 0) is 34.0 Å². The van der Waals surface area contributed by atoms with Crippen LogP contribution >= 0.6 is 0 Å². The van der Waals surface area contributed by atoms with E-state index < -0.39 is 0 Å². The van der Waals surface area contributed by atoms with E-state index in [0.29, 0.717) is 18.5 Å². The zero-order valence-corrected chi connectivity index (χ0v) is 16.4. The van der Waals surface area contributed by atoms with Crippen LogP contribution in [0.2, 0.25) is 0 Å². The molecule has 7 nitrogen and oxygen atoms in total. The summed E-state index contributed by atoms with van der Waals surface area (Å²) in [7, 11) is 3.97. The van der Waals surface area contributed by atoms with E-state index in [2.05, 4.69) is 48.6 Å². The first-order valence-corrected chi connectivity index (χ1v) is 9.61. The summed E-state index contributed by atoms with van der Waals surface area (Å²) >= 11 is 0. The normalized spacial score (nSPS) is 21.7. The van der Waals surface area contributed by atoms with Gasteiger partial charge in [0.2, 0.25) is 5.82 Å². The van der Waals surface area contributed by atoms with Gasteiger partial charge in [-0.25, -0.2) is 4.68 Å². The van der Waals surface area contributed by atoms with Crippen LogP contribution in [0.4, 0.5) is 0 Å². The Bertz CT molecular complexity index is 676. The molecule has 0 aliphatic carbocycles. The topological polar surface area (TPSA) is 61.7 Å². The summed E-state index contributed by atoms with van der Waals surface area (Å²) in [6.45, 7) is 10.0. The van der Waals surface area contributed by atoms with Gasteiger partial charge in [0.25, 0.3) is 0 Å². The molecule has 1 aromatic heterocycles. The number of benzene rings is 1. The number of rotatable bonds is 7. The number of nitrogens with one attached hydrogen (secondary N) is 2. The highest BCUT2D eigenvalue weighted by Crippen LogP contribution is 2.18. The Morgan fingerprint density at radius 1 is 1.12 bits per heavy atom. The minimum absolute atomic E-state index is 0.358. The van der Waals surface area contributed by atoms with Gasteiger partial charge in [0.1, 0.15) is 31.9 Å². The van der Waals surface area contributed by atoms with Crippen molar-refractivity contribution in [2.45, 2.75) is 32.9 Å². The van der Waals surface area contributed by atoms with Crippen LogP contribution in [0.1, 0.15) is 37.7 Å². The minimum atomic E-state index is 0.358. The number of quaternary nitrogens is 2. The highest BCUT2D eigenvalue weighted by atomic mass is 16.5. The lowest BCUT2D eigenvalue weighted by Crippen LogP contribution is -3.27. The summed E-state index contributed by atoms with van der Waals surface area (Å²) in [6, 6.07) is 8.48. The summed E-state index contributed by atoms with van der Waals surface area (Å²) in [5, 5.41) is 12.8. The molecule has 2 heterocycles. The van der Waals surface area contributed by atoms with E-state index in [0.717, 1.165) is 18.0 Å². The molecular weight excluding hydrogens is 328 g/mol. The quantitative estimate of drug-likeness (QED) is 0.681. The fourth-order valence-electron chi connectivity index (χ4n) is 3.75. The van der Waals surface area contributed by atoms with E-state index in [1.54, 1.807) is 16.9 Å². The van der Waals surface area contributed by atoms with Crippen LogP contribution in [0.15, 0.2) is 24.3 Å². The predicted octanol–water partition coefficient (Wildman–Crippen LogP) is -0.770. The van der Waals surface area contributed by atoms with Gasteiger partial charge < -0.3 is 14.5 Å². The average Bonchev–Trinajstić information content (AvgIpc) is 3.09. The lowest BCUT2D eigenvalue weighted by Gasteiger charge is -2.33. The van der Waals surface area contributed by atoms with Crippen molar-refractivity contribution in [2.75, 3.05) is 40.3 Å². The smallest absolute Gasteiger partial charge is 0.209 e. The second-order valence-electron chi connectivity index (χ2n) is 7.84. The van der Waals surface area contributed by atoms with Gasteiger partial charge in [-0.2, -0.15) is 0 Å². The molecule has 1 aliphatic rings. The van der Waals surface area contributed by atoms with Crippen molar-refractivity contribution < 1.29 is 14.5 Å². The van der Waals surface area contributed by atoms with E-state index in [4.69, 9.17) is 4.74 Å². The van der Waals surface area contributed by atoms with Crippen LogP contribution in [-0.2, 0) is 6.54 Å². The SMILES string of the molecule is COc1ccc(Cn2nnnc2[C@@H](CC(C)C)[NH+]2CC[NH+](C)CC2)cc1. The molecule has 1 fully saturated rings. The number of piperazine rings is 1. The lowest BCUT2D eigenvalue weighted by molar-refractivity contribution is -1.02. The Labute approximate surface area is 155 Å². The van der Waals surface area contributed by atoms with Crippen molar-refractivity contribution >= 4 is 0 Å². The summed E-state index contributed by atoms with van der Waals surface area (Å²) in [4.78, 5) is 3.24. The van der Waals surface area contributed by atoms with Gasteiger partial charge in [0, 0.05) is 6.42 Å². The van der Waals surface area contributed by atoms with E-state index >= 15 is 0 Å². The Kier molecular flexibility index (Phi) is 6.21. The Morgan fingerprint density at radius 2 is 1.81 bits per heavy atom. The highest BCUT2D eigenvalue weighted by Gasteiger charge is 2.33. The molecule has 0 spiro atoms. The van der Waals surface area contributed by atoms with Crippen LogP contribution in [0, 0.1) is 5.92 Å². The van der Waals surface area contributed by atoms with Crippen molar-refractivity contribution in [3.8, 4) is 5.75 Å². The summed E-state index contributed by atoms with van der Waals surface area (Å²) in [5.74, 6) is 2.50. The molecule has 0 saturated carbocycles. The standard InChI is InChI=1S/C19H30N6O/c1-15(2)13-18(24-11-9-23(3)10-12-24)19-20-21-22-25(19)14-16-5-7-17(26-4)8-6-16/h5-8,15,18H,9-14H2,1-4H3/p+2/t18-/m1/s1. The monoisotopic (exact) mass is 360 g/mol. The average molecular weight is 361 g/mol. The van der Waals surface area contributed by atoms with E-state index in [1.807, 2.05) is 16.8 Å². The number of hydrogen-bond acceptors (Lipinski definition) is 4. The molecule has 1 atom stereocenters. The number of nitrogens with zero attached hydrogens (tertiary/aromatic N) is 4. The number of likely N-dealkylation sites (N-methyl/N-ethyl adjacent to an activating group) is 1. The van der Waals surface area contributed by atoms with Gasteiger partial charge in [-0.15, -0.1) is 5.10 Å². The maximum Gasteiger partial charge on any atom is 0.209 e. The van der Waals surface area contributed by atoms with Gasteiger partial charge >= 0.3 is 0 Å².